The van der Waals surface area contributed by atoms with Crippen LogP contribution in [0.15, 0.2) is 0 Å². The highest BCUT2D eigenvalue weighted by atomic mass is 15.2. The lowest BCUT2D eigenvalue weighted by atomic mass is 9.93. The molecule has 0 N–H and O–H groups in total. The van der Waals surface area contributed by atoms with E-state index in [1.165, 1.54) is 19.4 Å². The highest BCUT2D eigenvalue weighted by Gasteiger charge is 2.33. The molecule has 0 bridgehead atoms. The first-order valence-corrected chi connectivity index (χ1v) is 4.21. The van der Waals surface area contributed by atoms with E-state index in [0.29, 0.717) is 0 Å². The van der Waals surface area contributed by atoms with E-state index in [0.717, 1.165) is 25.0 Å². The second-order valence-corrected chi connectivity index (χ2v) is 3.54. The van der Waals surface area contributed by atoms with Crippen LogP contribution >= 0.6 is 0 Å². The molecule has 2 heterocycles. The second kappa shape index (κ2) is 2.51. The van der Waals surface area contributed by atoms with E-state index in [1.54, 1.807) is 0 Å². The Balaban J connectivity index is 2.03. The van der Waals surface area contributed by atoms with Gasteiger partial charge in [0, 0.05) is 19.1 Å². The summed E-state index contributed by atoms with van der Waals surface area (Å²) in [5, 5.41) is 4.44. The maximum absolute atomic E-state index is 4.44. The zero-order valence-corrected chi connectivity index (χ0v) is 6.58. The molecule has 2 rings (SSSR count). The molecule has 2 fully saturated rings. The molecule has 1 radical (unpaired) electrons. The summed E-state index contributed by atoms with van der Waals surface area (Å²) in [6.45, 7) is 3.52. The topological polar surface area (TPSA) is 17.3 Å². The summed E-state index contributed by atoms with van der Waals surface area (Å²) in [6, 6.07) is 0.800. The molecular formula is C8H15N2. The molecule has 57 valence electrons. The molecule has 0 amide bonds. The van der Waals surface area contributed by atoms with Crippen LogP contribution in [0.4, 0.5) is 0 Å². The first-order valence-electron chi connectivity index (χ1n) is 4.21. The fourth-order valence-electron chi connectivity index (χ4n) is 2.20. The Hall–Kier alpha value is -0.0800. The van der Waals surface area contributed by atoms with Gasteiger partial charge in [-0.15, -0.1) is 0 Å². The Labute approximate surface area is 62.6 Å². The van der Waals surface area contributed by atoms with Crippen molar-refractivity contribution in [3.8, 4) is 0 Å². The summed E-state index contributed by atoms with van der Waals surface area (Å²) in [4.78, 5) is 2.48. The minimum atomic E-state index is 0.800. The van der Waals surface area contributed by atoms with Crippen LogP contribution in [0.5, 0.6) is 0 Å². The van der Waals surface area contributed by atoms with E-state index in [-0.39, 0.29) is 0 Å². The van der Waals surface area contributed by atoms with E-state index in [1.807, 2.05) is 0 Å². The number of fused-ring (bicyclic) bond motifs is 1. The van der Waals surface area contributed by atoms with Crippen LogP contribution in [0.1, 0.15) is 12.8 Å². The summed E-state index contributed by atoms with van der Waals surface area (Å²) in [7, 11) is 2.23. The average Bonchev–Trinajstić information content (AvgIpc) is 2.36. The third-order valence-electron chi connectivity index (χ3n) is 2.88. The summed E-state index contributed by atoms with van der Waals surface area (Å²) >= 11 is 0. The molecule has 2 nitrogen and oxygen atoms in total. The lowest BCUT2D eigenvalue weighted by Gasteiger charge is -2.33. The van der Waals surface area contributed by atoms with Crippen molar-refractivity contribution in [2.75, 3.05) is 26.7 Å². The molecule has 2 aliphatic heterocycles. The van der Waals surface area contributed by atoms with Crippen LogP contribution in [0.3, 0.4) is 0 Å². The molecule has 2 saturated heterocycles. The fourth-order valence-corrected chi connectivity index (χ4v) is 2.20. The van der Waals surface area contributed by atoms with Crippen LogP contribution < -0.4 is 5.32 Å². The van der Waals surface area contributed by atoms with Gasteiger partial charge in [0.1, 0.15) is 0 Å². The van der Waals surface area contributed by atoms with Crippen molar-refractivity contribution < 1.29 is 0 Å². The predicted octanol–water partition coefficient (Wildman–Crippen LogP) is 0.315. The van der Waals surface area contributed by atoms with E-state index in [2.05, 4.69) is 17.3 Å². The molecule has 2 heteroatoms. The maximum Gasteiger partial charge on any atom is 0.0292 e. The van der Waals surface area contributed by atoms with Crippen molar-refractivity contribution in [2.45, 2.75) is 18.9 Å². The Kier molecular flexibility index (Phi) is 1.66. The second-order valence-electron chi connectivity index (χ2n) is 3.54. The normalized spacial score (nSPS) is 41.7. The summed E-state index contributed by atoms with van der Waals surface area (Å²) in [6.07, 6.45) is 2.80. The third kappa shape index (κ3) is 0.956. The Morgan fingerprint density at radius 1 is 1.40 bits per heavy atom. The van der Waals surface area contributed by atoms with Crippen molar-refractivity contribution in [1.29, 1.82) is 0 Å². The zero-order chi connectivity index (χ0) is 6.97. The Morgan fingerprint density at radius 2 is 2.30 bits per heavy atom. The molecule has 0 aliphatic carbocycles. The largest absolute Gasteiger partial charge is 0.302 e. The van der Waals surface area contributed by atoms with Gasteiger partial charge in [-0.25, -0.2) is 5.32 Å². The third-order valence-corrected chi connectivity index (χ3v) is 2.88. The van der Waals surface area contributed by atoms with E-state index >= 15 is 0 Å². The zero-order valence-electron chi connectivity index (χ0n) is 6.58. The first kappa shape index (κ1) is 6.62. The smallest absolute Gasteiger partial charge is 0.0292 e. The average molecular weight is 139 g/mol. The quantitative estimate of drug-likeness (QED) is 0.472. The molecule has 0 aromatic heterocycles. The van der Waals surface area contributed by atoms with Crippen molar-refractivity contribution in [1.82, 2.24) is 10.2 Å². The molecule has 0 saturated carbocycles. The number of hydrogen-bond acceptors (Lipinski definition) is 1. The lowest BCUT2D eigenvalue weighted by Crippen LogP contribution is -2.41. The van der Waals surface area contributed by atoms with Crippen LogP contribution in [-0.2, 0) is 0 Å². The van der Waals surface area contributed by atoms with E-state index in [4.69, 9.17) is 0 Å². The number of rotatable bonds is 0. The van der Waals surface area contributed by atoms with Gasteiger partial charge >= 0.3 is 0 Å². The van der Waals surface area contributed by atoms with Gasteiger partial charge in [-0.05, 0) is 32.4 Å². The van der Waals surface area contributed by atoms with Gasteiger partial charge in [-0.1, -0.05) is 0 Å². The highest BCUT2D eigenvalue weighted by Crippen LogP contribution is 2.25. The SMILES string of the molecule is CN1CCC[C@H]2C[N]C[C@H]21. The van der Waals surface area contributed by atoms with Crippen molar-refractivity contribution in [2.24, 2.45) is 5.92 Å². The van der Waals surface area contributed by atoms with Gasteiger partial charge < -0.3 is 4.90 Å². The molecule has 0 unspecified atom stereocenters. The molecular weight excluding hydrogens is 124 g/mol. The molecule has 2 atom stereocenters. The fraction of sp³-hybridized carbons (Fsp3) is 1.00. The summed E-state index contributed by atoms with van der Waals surface area (Å²) in [5.41, 5.74) is 0. The minimum absolute atomic E-state index is 0.800. The number of likely N-dealkylation sites (tertiary alicyclic amines) is 1. The number of hydrogen-bond donors (Lipinski definition) is 0. The molecule has 0 aromatic carbocycles. The van der Waals surface area contributed by atoms with E-state index < -0.39 is 0 Å². The van der Waals surface area contributed by atoms with Gasteiger partial charge in [0.05, 0.1) is 0 Å². The number of piperidine rings is 1. The van der Waals surface area contributed by atoms with Crippen LogP contribution in [0.25, 0.3) is 0 Å². The van der Waals surface area contributed by atoms with Crippen molar-refractivity contribution in [3.05, 3.63) is 0 Å². The van der Waals surface area contributed by atoms with Crippen LogP contribution in [0, 0.1) is 5.92 Å². The number of likely N-dealkylation sites (N-methyl/N-ethyl adjacent to an activating group) is 1. The minimum Gasteiger partial charge on any atom is -0.302 e. The standard InChI is InChI=1S/C8H15N2/c1-10-4-2-3-7-5-9-6-8(7)10/h7-8H,2-6H2,1H3/t7-,8+/m0/s1. The van der Waals surface area contributed by atoms with Crippen molar-refractivity contribution >= 4 is 0 Å². The predicted molar refractivity (Wildman–Crippen MR) is 41.0 cm³/mol. The van der Waals surface area contributed by atoms with Gasteiger partial charge in [0.2, 0.25) is 0 Å². The van der Waals surface area contributed by atoms with E-state index in [9.17, 15) is 0 Å². The summed E-state index contributed by atoms with van der Waals surface area (Å²) < 4.78 is 0. The first-order chi connectivity index (χ1) is 4.88. The summed E-state index contributed by atoms with van der Waals surface area (Å²) in [5.74, 6) is 0.902. The lowest BCUT2D eigenvalue weighted by molar-refractivity contribution is 0.158. The maximum atomic E-state index is 4.44. The number of nitrogens with zero attached hydrogens (tertiary/aromatic N) is 2. The van der Waals surface area contributed by atoms with Crippen LogP contribution in [0.2, 0.25) is 0 Å². The Bertz CT molecular complexity index is 124. The monoisotopic (exact) mass is 139 g/mol. The molecule has 10 heavy (non-hydrogen) atoms. The van der Waals surface area contributed by atoms with Crippen molar-refractivity contribution in [3.63, 3.8) is 0 Å². The molecule has 0 aromatic rings. The highest BCUT2D eigenvalue weighted by molar-refractivity contribution is 4.90. The van der Waals surface area contributed by atoms with Gasteiger partial charge in [0.25, 0.3) is 0 Å². The van der Waals surface area contributed by atoms with Crippen LogP contribution in [-0.4, -0.2) is 37.6 Å². The van der Waals surface area contributed by atoms with Gasteiger partial charge in [0.15, 0.2) is 0 Å². The van der Waals surface area contributed by atoms with Gasteiger partial charge in [-0.2, -0.15) is 0 Å². The molecule has 2 aliphatic rings. The van der Waals surface area contributed by atoms with Gasteiger partial charge in [-0.3, -0.25) is 0 Å². The molecule has 0 spiro atoms. The Morgan fingerprint density at radius 3 is 3.10 bits per heavy atom.